The fraction of sp³-hybridized carbons (Fsp3) is 0.524. The van der Waals surface area contributed by atoms with E-state index in [0.717, 1.165) is 35.6 Å². The zero-order valence-corrected chi connectivity index (χ0v) is 17.9. The molecule has 2 saturated heterocycles. The number of anilines is 3. The Morgan fingerprint density at radius 3 is 2.32 bits per heavy atom. The molecule has 150 valence electrons. The first-order valence-electron chi connectivity index (χ1n) is 10.3. The lowest BCUT2D eigenvalue weighted by Gasteiger charge is -2.16. The molecule has 7 heteroatoms. The molecule has 0 saturated carbocycles. The van der Waals surface area contributed by atoms with Gasteiger partial charge in [0.15, 0.2) is 0 Å². The minimum Gasteiger partial charge on any atom is -0.368 e. The highest BCUT2D eigenvalue weighted by atomic mass is 79.9. The summed E-state index contributed by atoms with van der Waals surface area (Å²) in [6, 6.07) is 8.60. The molecule has 3 heterocycles. The van der Waals surface area contributed by atoms with E-state index < -0.39 is 0 Å². The molecule has 2 aromatic rings. The summed E-state index contributed by atoms with van der Waals surface area (Å²) < 4.78 is 0.889. The van der Waals surface area contributed by atoms with E-state index in [2.05, 4.69) is 70.6 Å². The summed E-state index contributed by atoms with van der Waals surface area (Å²) in [6.45, 7) is 7.86. The van der Waals surface area contributed by atoms with Crippen LogP contribution in [-0.4, -0.2) is 59.0 Å². The Kier molecular flexibility index (Phi) is 6.77. The number of nitrogens with zero attached hydrogens (tertiary/aromatic N) is 4. The Hall–Kier alpha value is -1.70. The molecule has 0 unspecified atom stereocenters. The van der Waals surface area contributed by atoms with Crippen molar-refractivity contribution in [3.05, 3.63) is 40.5 Å². The van der Waals surface area contributed by atoms with Crippen LogP contribution in [0.15, 0.2) is 34.9 Å². The fourth-order valence-electron chi connectivity index (χ4n) is 3.91. The topological polar surface area (TPSA) is 56.3 Å². The highest BCUT2D eigenvalue weighted by Crippen LogP contribution is 2.22. The average Bonchev–Trinajstić information content (AvgIpc) is 3.40. The van der Waals surface area contributed by atoms with Crippen LogP contribution in [0.1, 0.15) is 31.2 Å². The summed E-state index contributed by atoms with van der Waals surface area (Å²) in [4.78, 5) is 14.0. The number of aromatic nitrogens is 2. The third kappa shape index (κ3) is 5.43. The number of rotatable bonds is 8. The highest BCUT2D eigenvalue weighted by Gasteiger charge is 2.13. The molecule has 1 aromatic heterocycles. The molecule has 0 bridgehead atoms. The van der Waals surface area contributed by atoms with Crippen molar-refractivity contribution >= 4 is 33.4 Å². The van der Waals surface area contributed by atoms with E-state index in [4.69, 9.17) is 0 Å². The van der Waals surface area contributed by atoms with Crippen LogP contribution in [0.2, 0.25) is 0 Å². The summed E-state index contributed by atoms with van der Waals surface area (Å²) in [5.74, 6) is 1.45. The van der Waals surface area contributed by atoms with Crippen molar-refractivity contribution in [1.82, 2.24) is 19.8 Å². The first kappa shape index (κ1) is 19.6. The molecule has 2 aliphatic rings. The molecule has 0 atom stereocenters. The average molecular weight is 445 g/mol. The molecule has 0 radical (unpaired) electrons. The lowest BCUT2D eigenvalue weighted by atomic mass is 10.2. The van der Waals surface area contributed by atoms with Crippen molar-refractivity contribution in [3.63, 3.8) is 0 Å². The summed E-state index contributed by atoms with van der Waals surface area (Å²) in [5.41, 5.74) is 2.36. The maximum atomic E-state index is 4.63. The van der Waals surface area contributed by atoms with Crippen molar-refractivity contribution < 1.29 is 0 Å². The van der Waals surface area contributed by atoms with Crippen LogP contribution in [-0.2, 0) is 6.54 Å². The smallest absolute Gasteiger partial charge is 0.229 e. The Balaban J connectivity index is 1.32. The second-order valence-corrected chi connectivity index (χ2v) is 8.53. The molecule has 6 nitrogen and oxygen atoms in total. The van der Waals surface area contributed by atoms with Gasteiger partial charge in [-0.3, -0.25) is 4.90 Å². The van der Waals surface area contributed by atoms with Crippen LogP contribution >= 0.6 is 15.9 Å². The van der Waals surface area contributed by atoms with Gasteiger partial charge in [-0.05, 0) is 85.5 Å². The molecule has 1 aromatic carbocycles. The molecule has 2 N–H and O–H groups in total. The zero-order valence-electron chi connectivity index (χ0n) is 16.3. The predicted molar refractivity (Wildman–Crippen MR) is 118 cm³/mol. The molecular weight excluding hydrogens is 416 g/mol. The Morgan fingerprint density at radius 2 is 1.61 bits per heavy atom. The van der Waals surface area contributed by atoms with Gasteiger partial charge in [-0.1, -0.05) is 12.1 Å². The molecule has 2 aliphatic heterocycles. The monoisotopic (exact) mass is 444 g/mol. The number of hydrogen-bond donors (Lipinski definition) is 2. The van der Waals surface area contributed by atoms with Crippen molar-refractivity contribution in [2.24, 2.45) is 0 Å². The van der Waals surface area contributed by atoms with Gasteiger partial charge >= 0.3 is 0 Å². The number of likely N-dealkylation sites (tertiary alicyclic amines) is 2. The Bertz CT molecular complexity index is 754. The number of hydrogen-bond acceptors (Lipinski definition) is 6. The number of halogens is 1. The van der Waals surface area contributed by atoms with E-state index in [1.54, 1.807) is 6.20 Å². The van der Waals surface area contributed by atoms with E-state index in [1.807, 2.05) is 0 Å². The summed E-state index contributed by atoms with van der Waals surface area (Å²) in [7, 11) is 0. The molecular formula is C21H29BrN6. The van der Waals surface area contributed by atoms with Crippen LogP contribution in [0, 0.1) is 0 Å². The van der Waals surface area contributed by atoms with Crippen LogP contribution in [0.5, 0.6) is 0 Å². The largest absolute Gasteiger partial charge is 0.368 e. The van der Waals surface area contributed by atoms with E-state index in [-0.39, 0.29) is 0 Å². The van der Waals surface area contributed by atoms with Crippen molar-refractivity contribution in [1.29, 1.82) is 0 Å². The molecule has 0 aliphatic carbocycles. The van der Waals surface area contributed by atoms with E-state index in [9.17, 15) is 0 Å². The summed E-state index contributed by atoms with van der Waals surface area (Å²) in [5, 5.41) is 6.75. The Labute approximate surface area is 175 Å². The fourth-order valence-corrected chi connectivity index (χ4v) is 4.24. The zero-order chi connectivity index (χ0) is 19.2. The van der Waals surface area contributed by atoms with Gasteiger partial charge in [0.1, 0.15) is 5.82 Å². The van der Waals surface area contributed by atoms with Gasteiger partial charge in [-0.25, -0.2) is 4.98 Å². The third-order valence-electron chi connectivity index (χ3n) is 5.48. The van der Waals surface area contributed by atoms with Crippen LogP contribution in [0.25, 0.3) is 0 Å². The van der Waals surface area contributed by atoms with Crippen molar-refractivity contribution in [2.45, 2.75) is 32.2 Å². The van der Waals surface area contributed by atoms with Gasteiger partial charge in [0.25, 0.3) is 0 Å². The van der Waals surface area contributed by atoms with Crippen molar-refractivity contribution in [2.75, 3.05) is 49.9 Å². The normalized spacial score (nSPS) is 17.9. The van der Waals surface area contributed by atoms with Crippen molar-refractivity contribution in [3.8, 4) is 0 Å². The highest BCUT2D eigenvalue weighted by molar-refractivity contribution is 9.10. The second-order valence-electron chi connectivity index (χ2n) is 7.67. The number of benzene rings is 1. The molecule has 2 fully saturated rings. The standard InChI is InChI=1S/C21H29BrN6/c22-19-15-24-21(26-20(19)23-9-14-27-10-1-2-11-27)25-18-7-5-17(6-8-18)16-28-12-3-4-13-28/h5-8,15H,1-4,9-14,16H2,(H2,23,24,25,26). The predicted octanol–water partition coefficient (Wildman–Crippen LogP) is 4.09. The maximum Gasteiger partial charge on any atom is 0.229 e. The molecule has 0 amide bonds. The third-order valence-corrected chi connectivity index (χ3v) is 6.06. The van der Waals surface area contributed by atoms with E-state index in [0.29, 0.717) is 5.95 Å². The van der Waals surface area contributed by atoms with Gasteiger partial charge in [-0.2, -0.15) is 4.98 Å². The lowest BCUT2D eigenvalue weighted by Crippen LogP contribution is -2.26. The minimum absolute atomic E-state index is 0.610. The Morgan fingerprint density at radius 1 is 0.929 bits per heavy atom. The molecule has 4 rings (SSSR count). The van der Waals surface area contributed by atoms with Gasteiger partial charge in [0.2, 0.25) is 5.95 Å². The van der Waals surface area contributed by atoms with Gasteiger partial charge in [0, 0.05) is 31.5 Å². The number of nitrogens with one attached hydrogen (secondary N) is 2. The maximum absolute atomic E-state index is 4.63. The first-order chi connectivity index (χ1) is 13.8. The second kappa shape index (κ2) is 9.67. The molecule has 0 spiro atoms. The summed E-state index contributed by atoms with van der Waals surface area (Å²) in [6.07, 6.45) is 7.10. The van der Waals surface area contributed by atoms with Gasteiger partial charge < -0.3 is 15.5 Å². The van der Waals surface area contributed by atoms with E-state index in [1.165, 1.54) is 57.4 Å². The van der Waals surface area contributed by atoms with Gasteiger partial charge in [-0.15, -0.1) is 0 Å². The van der Waals surface area contributed by atoms with Crippen LogP contribution in [0.4, 0.5) is 17.5 Å². The summed E-state index contributed by atoms with van der Waals surface area (Å²) >= 11 is 3.55. The molecule has 28 heavy (non-hydrogen) atoms. The quantitative estimate of drug-likeness (QED) is 0.639. The van der Waals surface area contributed by atoms with E-state index >= 15 is 0 Å². The lowest BCUT2D eigenvalue weighted by molar-refractivity contribution is 0.331. The SMILES string of the molecule is Brc1cnc(Nc2ccc(CN3CCCC3)cc2)nc1NCCN1CCCC1. The van der Waals surface area contributed by atoms with Crippen LogP contribution in [0.3, 0.4) is 0 Å². The van der Waals surface area contributed by atoms with Crippen LogP contribution < -0.4 is 10.6 Å². The minimum atomic E-state index is 0.610. The van der Waals surface area contributed by atoms with Gasteiger partial charge in [0.05, 0.1) is 4.47 Å². The first-order valence-corrected chi connectivity index (χ1v) is 11.1.